The van der Waals surface area contributed by atoms with Crippen LogP contribution in [0.5, 0.6) is 0 Å². The predicted octanol–water partition coefficient (Wildman–Crippen LogP) is 0.376. The second kappa shape index (κ2) is 7.22. The lowest BCUT2D eigenvalue weighted by Gasteiger charge is -2.38. The van der Waals surface area contributed by atoms with E-state index in [4.69, 9.17) is 10.5 Å². The minimum absolute atomic E-state index is 0.314. The van der Waals surface area contributed by atoms with E-state index >= 15 is 0 Å². The van der Waals surface area contributed by atoms with Gasteiger partial charge in [-0.05, 0) is 33.4 Å². The molecule has 0 aliphatic carbocycles. The largest absolute Gasteiger partial charge is 0.385 e. The molecule has 0 spiro atoms. The fraction of sp³-hybridized carbons (Fsp3) is 1.00. The predicted molar refractivity (Wildman–Crippen MR) is 67.6 cm³/mol. The van der Waals surface area contributed by atoms with Gasteiger partial charge in [0.25, 0.3) is 0 Å². The fourth-order valence-electron chi connectivity index (χ4n) is 2.31. The zero-order chi connectivity index (χ0) is 12.0. The van der Waals surface area contributed by atoms with Crippen molar-refractivity contribution in [3.8, 4) is 0 Å². The number of nitrogens with zero attached hydrogens (tertiary/aromatic N) is 2. The van der Waals surface area contributed by atoms with Gasteiger partial charge in [-0.1, -0.05) is 0 Å². The van der Waals surface area contributed by atoms with E-state index in [1.807, 2.05) is 0 Å². The molecule has 1 fully saturated rings. The van der Waals surface area contributed by atoms with E-state index in [1.54, 1.807) is 7.11 Å². The van der Waals surface area contributed by atoms with Gasteiger partial charge in [0.15, 0.2) is 0 Å². The van der Waals surface area contributed by atoms with Gasteiger partial charge in [-0.3, -0.25) is 0 Å². The quantitative estimate of drug-likeness (QED) is 0.669. The second-order valence-corrected chi connectivity index (χ2v) is 5.03. The third-order valence-electron chi connectivity index (χ3n) is 3.48. The molecule has 0 aromatic carbocycles. The first-order valence-electron chi connectivity index (χ1n) is 6.26. The van der Waals surface area contributed by atoms with Crippen LogP contribution in [0.25, 0.3) is 0 Å². The Morgan fingerprint density at radius 3 is 2.81 bits per heavy atom. The van der Waals surface area contributed by atoms with E-state index in [1.165, 1.54) is 6.54 Å². The number of hydrogen-bond donors (Lipinski definition) is 1. The number of nitrogens with two attached hydrogens (primary N) is 1. The molecule has 0 saturated carbocycles. The van der Waals surface area contributed by atoms with Crippen molar-refractivity contribution in [2.75, 3.05) is 47.4 Å². The fourth-order valence-corrected chi connectivity index (χ4v) is 2.31. The third-order valence-corrected chi connectivity index (χ3v) is 3.48. The molecule has 0 aromatic heterocycles. The Bertz CT molecular complexity index is 189. The van der Waals surface area contributed by atoms with Gasteiger partial charge in [-0.15, -0.1) is 0 Å². The molecule has 4 heteroatoms. The van der Waals surface area contributed by atoms with E-state index in [0.717, 1.165) is 39.0 Å². The van der Waals surface area contributed by atoms with Gasteiger partial charge in [0.1, 0.15) is 0 Å². The van der Waals surface area contributed by atoms with E-state index in [-0.39, 0.29) is 0 Å². The average Bonchev–Trinajstić information content (AvgIpc) is 2.24. The second-order valence-electron chi connectivity index (χ2n) is 5.03. The van der Waals surface area contributed by atoms with Gasteiger partial charge in [0.2, 0.25) is 0 Å². The molecule has 2 N–H and O–H groups in total. The number of likely N-dealkylation sites (N-methyl/N-ethyl adjacent to an activating group) is 2. The topological polar surface area (TPSA) is 41.7 Å². The van der Waals surface area contributed by atoms with Crippen LogP contribution in [0.2, 0.25) is 0 Å². The summed E-state index contributed by atoms with van der Waals surface area (Å²) < 4.78 is 5.05. The van der Waals surface area contributed by atoms with Crippen LogP contribution in [0.4, 0.5) is 0 Å². The van der Waals surface area contributed by atoms with Crippen LogP contribution in [0.1, 0.15) is 19.3 Å². The van der Waals surface area contributed by atoms with Crippen molar-refractivity contribution < 1.29 is 4.74 Å². The Balaban J connectivity index is 2.23. The number of ether oxygens (including phenoxy) is 1. The Hall–Kier alpha value is -0.160. The molecule has 2 unspecified atom stereocenters. The van der Waals surface area contributed by atoms with Gasteiger partial charge in [0.05, 0.1) is 0 Å². The summed E-state index contributed by atoms with van der Waals surface area (Å²) in [5.74, 6) is 0. The average molecular weight is 229 g/mol. The highest BCUT2D eigenvalue weighted by atomic mass is 16.5. The molecule has 1 heterocycles. The molecule has 1 rings (SSSR count). The normalized spacial score (nSPS) is 25.9. The zero-order valence-electron chi connectivity index (χ0n) is 11.0. The highest BCUT2D eigenvalue weighted by Crippen LogP contribution is 2.13. The maximum absolute atomic E-state index is 6.15. The van der Waals surface area contributed by atoms with E-state index in [2.05, 4.69) is 23.9 Å². The van der Waals surface area contributed by atoms with Gasteiger partial charge < -0.3 is 20.3 Å². The zero-order valence-corrected chi connectivity index (χ0v) is 11.0. The monoisotopic (exact) mass is 229 g/mol. The number of rotatable bonds is 6. The molecular formula is C12H27N3O. The Kier molecular flexibility index (Phi) is 6.28. The summed E-state index contributed by atoms with van der Waals surface area (Å²) in [7, 11) is 6.14. The minimum Gasteiger partial charge on any atom is -0.385 e. The Labute approximate surface area is 99.7 Å². The van der Waals surface area contributed by atoms with Crippen molar-refractivity contribution >= 4 is 0 Å². The molecule has 0 amide bonds. The summed E-state index contributed by atoms with van der Waals surface area (Å²) >= 11 is 0. The van der Waals surface area contributed by atoms with Crippen molar-refractivity contribution in [2.24, 2.45) is 5.73 Å². The molecule has 2 atom stereocenters. The summed E-state index contributed by atoms with van der Waals surface area (Å²) in [6, 6.07) is 0.936. The molecule has 0 radical (unpaired) electrons. The first-order valence-corrected chi connectivity index (χ1v) is 6.26. The van der Waals surface area contributed by atoms with Crippen LogP contribution in [0, 0.1) is 0 Å². The summed E-state index contributed by atoms with van der Waals surface area (Å²) in [4.78, 5) is 4.84. The lowest BCUT2D eigenvalue weighted by Crippen LogP contribution is -2.51. The molecule has 4 nitrogen and oxygen atoms in total. The molecule has 1 aliphatic heterocycles. The molecule has 1 saturated heterocycles. The van der Waals surface area contributed by atoms with Crippen molar-refractivity contribution in [1.82, 2.24) is 9.80 Å². The summed E-state index contributed by atoms with van der Waals surface area (Å²) in [6.07, 6.45) is 3.25. The van der Waals surface area contributed by atoms with Crippen molar-refractivity contribution in [3.05, 3.63) is 0 Å². The minimum atomic E-state index is 0.314. The number of methoxy groups -OCH3 is 1. The number of piperazine rings is 1. The van der Waals surface area contributed by atoms with Crippen LogP contribution >= 0.6 is 0 Å². The highest BCUT2D eigenvalue weighted by molar-refractivity contribution is 4.81. The third kappa shape index (κ3) is 4.78. The van der Waals surface area contributed by atoms with Gasteiger partial charge >= 0.3 is 0 Å². The van der Waals surface area contributed by atoms with Gasteiger partial charge in [-0.2, -0.15) is 0 Å². The summed E-state index contributed by atoms with van der Waals surface area (Å²) in [6.45, 7) is 4.31. The maximum Gasteiger partial charge on any atom is 0.0462 e. The lowest BCUT2D eigenvalue weighted by atomic mass is 10.0. The van der Waals surface area contributed by atoms with E-state index in [9.17, 15) is 0 Å². The smallest absolute Gasteiger partial charge is 0.0462 e. The molecule has 0 aromatic rings. The molecule has 16 heavy (non-hydrogen) atoms. The first kappa shape index (κ1) is 13.9. The first-order chi connectivity index (χ1) is 7.63. The molecule has 0 bridgehead atoms. The van der Waals surface area contributed by atoms with Crippen LogP contribution in [0.15, 0.2) is 0 Å². The van der Waals surface area contributed by atoms with Crippen LogP contribution < -0.4 is 5.73 Å². The van der Waals surface area contributed by atoms with Crippen molar-refractivity contribution in [2.45, 2.75) is 31.3 Å². The standard InChI is InChI=1S/C12H27N3O/c1-14-6-7-15(2)12(10-14)9-11(13)5-4-8-16-3/h11-12H,4-10,13H2,1-3H3. The molecular weight excluding hydrogens is 202 g/mol. The Morgan fingerprint density at radius 2 is 2.12 bits per heavy atom. The Morgan fingerprint density at radius 1 is 1.38 bits per heavy atom. The maximum atomic E-state index is 6.15. The van der Waals surface area contributed by atoms with E-state index in [0.29, 0.717) is 12.1 Å². The molecule has 1 aliphatic rings. The van der Waals surface area contributed by atoms with Crippen LogP contribution in [-0.2, 0) is 4.74 Å². The van der Waals surface area contributed by atoms with Crippen molar-refractivity contribution in [3.63, 3.8) is 0 Å². The summed E-state index contributed by atoms with van der Waals surface area (Å²) in [5, 5.41) is 0. The van der Waals surface area contributed by atoms with Gasteiger partial charge in [-0.25, -0.2) is 0 Å². The van der Waals surface area contributed by atoms with Crippen LogP contribution in [-0.4, -0.2) is 69.3 Å². The van der Waals surface area contributed by atoms with Gasteiger partial charge in [0, 0.05) is 45.4 Å². The van der Waals surface area contributed by atoms with E-state index < -0.39 is 0 Å². The van der Waals surface area contributed by atoms with Crippen molar-refractivity contribution in [1.29, 1.82) is 0 Å². The molecule has 96 valence electrons. The van der Waals surface area contributed by atoms with Crippen LogP contribution in [0.3, 0.4) is 0 Å². The lowest BCUT2D eigenvalue weighted by molar-refractivity contribution is 0.102. The summed E-state index contributed by atoms with van der Waals surface area (Å²) in [5.41, 5.74) is 6.15. The highest BCUT2D eigenvalue weighted by Gasteiger charge is 2.23. The number of hydrogen-bond acceptors (Lipinski definition) is 4. The SMILES string of the molecule is COCCCC(N)CC1CN(C)CCN1C.